The molecule has 3 aromatic carbocycles. The van der Waals surface area contributed by atoms with Crippen molar-refractivity contribution < 1.29 is 14.3 Å². The van der Waals surface area contributed by atoms with Crippen LogP contribution in [0.2, 0.25) is 0 Å². The molecule has 0 bridgehead atoms. The second-order valence-electron chi connectivity index (χ2n) is 7.72. The first-order valence-corrected chi connectivity index (χ1v) is 12.7. The molecule has 0 spiro atoms. The van der Waals surface area contributed by atoms with E-state index >= 15 is 0 Å². The van der Waals surface area contributed by atoms with Crippen LogP contribution in [-0.2, 0) is 4.79 Å². The summed E-state index contributed by atoms with van der Waals surface area (Å²) in [7, 11) is 0. The monoisotopic (exact) mass is 563 g/mol. The Labute approximate surface area is 220 Å². The summed E-state index contributed by atoms with van der Waals surface area (Å²) in [5, 5.41) is 12.9. The highest BCUT2D eigenvalue weighted by atomic mass is 79.9. The highest BCUT2D eigenvalue weighted by Crippen LogP contribution is 2.24. The summed E-state index contributed by atoms with van der Waals surface area (Å²) in [6, 6.07) is 22.0. The van der Waals surface area contributed by atoms with Gasteiger partial charge < -0.3 is 4.74 Å². The molecule has 0 aliphatic rings. The minimum atomic E-state index is -0.481. The minimum absolute atomic E-state index is 0.0933. The van der Waals surface area contributed by atoms with Crippen molar-refractivity contribution in [2.24, 2.45) is 5.10 Å². The lowest BCUT2D eigenvalue weighted by Crippen LogP contribution is -2.20. The summed E-state index contributed by atoms with van der Waals surface area (Å²) in [6.07, 6.45) is 1.43. The Balaban J connectivity index is 1.38. The van der Waals surface area contributed by atoms with Crippen molar-refractivity contribution in [2.75, 3.05) is 5.75 Å². The molecule has 182 valence electrons. The van der Waals surface area contributed by atoms with Crippen LogP contribution in [0.5, 0.6) is 5.75 Å². The number of nitrogens with one attached hydrogen (secondary N) is 1. The van der Waals surface area contributed by atoms with Crippen LogP contribution in [0.1, 0.15) is 27.3 Å². The first-order chi connectivity index (χ1) is 17.4. The molecule has 0 radical (unpaired) electrons. The lowest BCUT2D eigenvalue weighted by molar-refractivity contribution is -0.118. The van der Waals surface area contributed by atoms with Gasteiger partial charge in [-0.3, -0.25) is 9.36 Å². The van der Waals surface area contributed by atoms with Gasteiger partial charge in [0.15, 0.2) is 5.16 Å². The van der Waals surface area contributed by atoms with E-state index in [1.807, 2.05) is 60.9 Å². The smallest absolute Gasteiger partial charge is 0.343 e. The van der Waals surface area contributed by atoms with E-state index in [-0.39, 0.29) is 11.7 Å². The van der Waals surface area contributed by atoms with Gasteiger partial charge in [-0.2, -0.15) is 5.10 Å². The first kappa shape index (κ1) is 25.3. The molecule has 4 rings (SSSR count). The maximum absolute atomic E-state index is 12.5. The third-order valence-corrected chi connectivity index (χ3v) is 6.42. The van der Waals surface area contributed by atoms with Crippen LogP contribution in [-0.4, -0.2) is 38.6 Å². The Morgan fingerprint density at radius 2 is 1.81 bits per heavy atom. The molecular weight excluding hydrogens is 542 g/mol. The minimum Gasteiger partial charge on any atom is -0.422 e. The number of esters is 1. The number of aryl methyl sites for hydroxylation is 2. The van der Waals surface area contributed by atoms with Gasteiger partial charge in [0.1, 0.15) is 11.6 Å². The van der Waals surface area contributed by atoms with Gasteiger partial charge >= 0.3 is 5.97 Å². The van der Waals surface area contributed by atoms with E-state index in [9.17, 15) is 9.59 Å². The molecule has 0 saturated heterocycles. The second-order valence-corrected chi connectivity index (χ2v) is 9.58. The highest BCUT2D eigenvalue weighted by Gasteiger charge is 2.14. The molecule has 0 unspecified atom stereocenters. The van der Waals surface area contributed by atoms with Gasteiger partial charge in [-0.05, 0) is 56.3 Å². The summed E-state index contributed by atoms with van der Waals surface area (Å²) < 4.78 is 8.22. The zero-order chi connectivity index (χ0) is 25.5. The number of rotatable bonds is 8. The summed E-state index contributed by atoms with van der Waals surface area (Å²) in [6.45, 7) is 3.80. The van der Waals surface area contributed by atoms with Crippen molar-refractivity contribution in [3.05, 3.63) is 99.8 Å². The number of benzene rings is 3. The average molecular weight is 564 g/mol. The quantitative estimate of drug-likeness (QED) is 0.105. The number of hydrazone groups is 1. The fourth-order valence-electron chi connectivity index (χ4n) is 3.21. The van der Waals surface area contributed by atoms with Gasteiger partial charge in [0.05, 0.1) is 17.5 Å². The summed E-state index contributed by atoms with van der Waals surface area (Å²) in [4.78, 5) is 24.9. The van der Waals surface area contributed by atoms with Gasteiger partial charge in [0.25, 0.3) is 5.91 Å². The summed E-state index contributed by atoms with van der Waals surface area (Å²) >= 11 is 4.66. The molecule has 1 aromatic heterocycles. The number of carbonyl (C=O) groups excluding carboxylic acids is 2. The van der Waals surface area contributed by atoms with Crippen LogP contribution in [0, 0.1) is 13.8 Å². The molecular formula is C26H22BrN5O3S. The Bertz CT molecular complexity index is 1410. The number of ether oxygens (including phenoxy) is 1. The third-order valence-electron chi connectivity index (χ3n) is 5.00. The summed E-state index contributed by atoms with van der Waals surface area (Å²) in [5.74, 6) is 0.345. The number of para-hydroxylation sites is 1. The van der Waals surface area contributed by atoms with Gasteiger partial charge in [-0.1, -0.05) is 63.6 Å². The van der Waals surface area contributed by atoms with Crippen LogP contribution in [0.4, 0.5) is 0 Å². The predicted molar refractivity (Wildman–Crippen MR) is 143 cm³/mol. The number of halogens is 1. The topological polar surface area (TPSA) is 98.5 Å². The van der Waals surface area contributed by atoms with Gasteiger partial charge in [0.2, 0.25) is 0 Å². The van der Waals surface area contributed by atoms with Gasteiger partial charge in [-0.25, -0.2) is 10.2 Å². The lowest BCUT2D eigenvalue weighted by atomic mass is 10.1. The van der Waals surface area contributed by atoms with E-state index in [1.54, 1.807) is 30.3 Å². The Morgan fingerprint density at radius 1 is 1.06 bits per heavy atom. The lowest BCUT2D eigenvalue weighted by Gasteiger charge is -2.08. The van der Waals surface area contributed by atoms with E-state index < -0.39 is 5.97 Å². The maximum atomic E-state index is 12.5. The van der Waals surface area contributed by atoms with E-state index in [0.717, 1.165) is 21.5 Å². The normalized spacial score (nSPS) is 11.0. The molecule has 8 nitrogen and oxygen atoms in total. The maximum Gasteiger partial charge on any atom is 0.343 e. The van der Waals surface area contributed by atoms with Crippen LogP contribution < -0.4 is 10.2 Å². The van der Waals surface area contributed by atoms with Crippen LogP contribution in [0.15, 0.2) is 87.5 Å². The number of thioether (sulfide) groups is 1. The molecule has 1 amide bonds. The number of nitrogens with zero attached hydrogens (tertiary/aromatic N) is 4. The number of hydrogen-bond acceptors (Lipinski definition) is 7. The molecule has 0 fully saturated rings. The highest BCUT2D eigenvalue weighted by molar-refractivity contribution is 9.10. The van der Waals surface area contributed by atoms with Crippen LogP contribution in [0.25, 0.3) is 5.69 Å². The van der Waals surface area contributed by atoms with E-state index in [2.05, 4.69) is 36.7 Å². The second kappa shape index (κ2) is 11.8. The zero-order valence-corrected chi connectivity index (χ0v) is 21.9. The zero-order valence-electron chi connectivity index (χ0n) is 19.5. The van der Waals surface area contributed by atoms with Gasteiger partial charge in [-0.15, -0.1) is 10.2 Å². The Hall–Kier alpha value is -3.76. The van der Waals surface area contributed by atoms with Crippen molar-refractivity contribution in [2.45, 2.75) is 19.0 Å². The van der Waals surface area contributed by atoms with Crippen LogP contribution in [0.3, 0.4) is 0 Å². The molecule has 0 aliphatic carbocycles. The standard InChI is InChI=1S/C26H22BrN5O3S/c1-17-8-10-19(11-9-17)25(34)35-23-13-12-21(27)14-20(23)15-28-30-24(33)16-36-26-31-29-18(2)32(26)22-6-4-3-5-7-22/h3-15H,16H2,1-2H3,(H,30,33)/b28-15+. The molecule has 4 aromatic rings. The molecule has 1 N–H and O–H groups in total. The average Bonchev–Trinajstić information content (AvgIpc) is 3.25. The van der Waals surface area contributed by atoms with E-state index in [4.69, 9.17) is 4.74 Å². The Kier molecular flexibility index (Phi) is 8.29. The largest absolute Gasteiger partial charge is 0.422 e. The van der Waals surface area contributed by atoms with Crippen molar-refractivity contribution >= 4 is 45.8 Å². The molecule has 1 heterocycles. The van der Waals surface area contributed by atoms with Gasteiger partial charge in [0, 0.05) is 15.7 Å². The number of carbonyl (C=O) groups is 2. The number of hydrogen-bond donors (Lipinski definition) is 1. The summed E-state index contributed by atoms with van der Waals surface area (Å²) in [5.41, 5.74) is 5.44. The van der Waals surface area contributed by atoms with Crippen molar-refractivity contribution in [1.82, 2.24) is 20.2 Å². The van der Waals surface area contributed by atoms with E-state index in [1.165, 1.54) is 18.0 Å². The van der Waals surface area contributed by atoms with Crippen LogP contribution >= 0.6 is 27.7 Å². The molecule has 36 heavy (non-hydrogen) atoms. The SMILES string of the molecule is Cc1ccc(C(=O)Oc2ccc(Br)cc2/C=N/NC(=O)CSc2nnc(C)n2-c2ccccc2)cc1. The Morgan fingerprint density at radius 3 is 2.56 bits per heavy atom. The number of amides is 1. The van der Waals surface area contributed by atoms with Crippen molar-refractivity contribution in [1.29, 1.82) is 0 Å². The predicted octanol–water partition coefficient (Wildman–Crippen LogP) is 5.11. The fourth-order valence-corrected chi connectivity index (χ4v) is 4.38. The number of aromatic nitrogens is 3. The van der Waals surface area contributed by atoms with Crippen molar-refractivity contribution in [3.8, 4) is 11.4 Å². The molecule has 0 saturated carbocycles. The fraction of sp³-hybridized carbons (Fsp3) is 0.115. The molecule has 0 aliphatic heterocycles. The third kappa shape index (κ3) is 6.46. The first-order valence-electron chi connectivity index (χ1n) is 10.9. The van der Waals surface area contributed by atoms with Crippen molar-refractivity contribution in [3.63, 3.8) is 0 Å². The van der Waals surface area contributed by atoms with E-state index in [0.29, 0.717) is 22.0 Å². The molecule has 10 heteroatoms. The molecule has 0 atom stereocenters.